The molecule has 1 atom stereocenters. The van der Waals surface area contributed by atoms with Crippen LogP contribution in [-0.4, -0.2) is 39.3 Å². The standard InChI is InChI=1S/C15H18N4O2S2/c1-3-11-17-9(2)12(23-11)14(21)19-7-4-5-10(19)13(20)18-15-16-6-8-22-15/h6,8,10H,3-5,7H2,1-2H3,(H,16,18,20). The van der Waals surface area contributed by atoms with Crippen LogP contribution in [0.3, 0.4) is 0 Å². The van der Waals surface area contributed by atoms with E-state index in [1.54, 1.807) is 16.5 Å². The van der Waals surface area contributed by atoms with Crippen LogP contribution in [0.2, 0.25) is 0 Å². The lowest BCUT2D eigenvalue weighted by molar-refractivity contribution is -0.119. The van der Waals surface area contributed by atoms with E-state index in [0.29, 0.717) is 23.0 Å². The van der Waals surface area contributed by atoms with Gasteiger partial charge in [0.25, 0.3) is 5.91 Å². The molecule has 1 unspecified atom stereocenters. The van der Waals surface area contributed by atoms with Gasteiger partial charge in [-0.25, -0.2) is 9.97 Å². The van der Waals surface area contributed by atoms with Crippen molar-refractivity contribution in [2.45, 2.75) is 39.2 Å². The van der Waals surface area contributed by atoms with Gasteiger partial charge in [-0.3, -0.25) is 9.59 Å². The fourth-order valence-corrected chi connectivity index (χ4v) is 4.18. The molecule has 8 heteroatoms. The molecule has 0 aliphatic carbocycles. The van der Waals surface area contributed by atoms with Crippen molar-refractivity contribution in [2.24, 2.45) is 0 Å². The summed E-state index contributed by atoms with van der Waals surface area (Å²) in [6, 6.07) is -0.432. The minimum atomic E-state index is -0.432. The van der Waals surface area contributed by atoms with Crippen LogP contribution >= 0.6 is 22.7 Å². The molecular formula is C15H18N4O2S2. The van der Waals surface area contributed by atoms with Crippen LogP contribution in [0.4, 0.5) is 5.13 Å². The minimum absolute atomic E-state index is 0.0866. The van der Waals surface area contributed by atoms with Gasteiger partial charge in [0.05, 0.1) is 10.7 Å². The number of rotatable bonds is 4. The molecule has 2 amide bonds. The average Bonchev–Trinajstić information content (AvgIpc) is 3.26. The largest absolute Gasteiger partial charge is 0.326 e. The van der Waals surface area contributed by atoms with Crippen molar-refractivity contribution >= 4 is 39.6 Å². The molecule has 1 N–H and O–H groups in total. The van der Waals surface area contributed by atoms with Gasteiger partial charge >= 0.3 is 0 Å². The summed E-state index contributed by atoms with van der Waals surface area (Å²) in [5, 5.41) is 6.12. The summed E-state index contributed by atoms with van der Waals surface area (Å²) < 4.78 is 0. The number of carbonyl (C=O) groups is 2. The van der Waals surface area contributed by atoms with Crippen molar-refractivity contribution < 1.29 is 9.59 Å². The van der Waals surface area contributed by atoms with Gasteiger partial charge in [0.1, 0.15) is 10.9 Å². The Kier molecular flexibility index (Phi) is 4.72. The lowest BCUT2D eigenvalue weighted by atomic mass is 10.2. The van der Waals surface area contributed by atoms with Crippen molar-refractivity contribution in [1.82, 2.24) is 14.9 Å². The van der Waals surface area contributed by atoms with Crippen molar-refractivity contribution in [3.8, 4) is 0 Å². The molecule has 23 heavy (non-hydrogen) atoms. The third-order valence-corrected chi connectivity index (χ3v) is 5.79. The van der Waals surface area contributed by atoms with Gasteiger partial charge in [-0.05, 0) is 26.2 Å². The number of hydrogen-bond acceptors (Lipinski definition) is 6. The molecule has 1 aliphatic rings. The zero-order valence-corrected chi connectivity index (χ0v) is 14.7. The van der Waals surface area contributed by atoms with E-state index < -0.39 is 6.04 Å². The summed E-state index contributed by atoms with van der Waals surface area (Å²) >= 11 is 2.80. The molecule has 2 aromatic heterocycles. The number of aryl methyl sites for hydroxylation is 2. The van der Waals surface area contributed by atoms with E-state index in [-0.39, 0.29) is 11.8 Å². The van der Waals surface area contributed by atoms with Crippen molar-refractivity contribution in [1.29, 1.82) is 0 Å². The maximum atomic E-state index is 12.8. The number of anilines is 1. The highest BCUT2D eigenvalue weighted by Gasteiger charge is 2.36. The van der Waals surface area contributed by atoms with E-state index in [9.17, 15) is 9.59 Å². The summed E-state index contributed by atoms with van der Waals surface area (Å²) in [6.45, 7) is 4.48. The Labute approximate surface area is 142 Å². The smallest absolute Gasteiger partial charge is 0.266 e. The highest BCUT2D eigenvalue weighted by molar-refractivity contribution is 7.14. The van der Waals surface area contributed by atoms with E-state index in [0.717, 1.165) is 23.5 Å². The van der Waals surface area contributed by atoms with Gasteiger partial charge in [-0.1, -0.05) is 6.92 Å². The number of aromatic nitrogens is 2. The number of likely N-dealkylation sites (tertiary alicyclic amines) is 1. The van der Waals surface area contributed by atoms with Gasteiger partial charge in [0.2, 0.25) is 5.91 Å². The first-order valence-corrected chi connectivity index (χ1v) is 9.27. The van der Waals surface area contributed by atoms with E-state index in [4.69, 9.17) is 0 Å². The van der Waals surface area contributed by atoms with Gasteiger partial charge < -0.3 is 10.2 Å². The van der Waals surface area contributed by atoms with Gasteiger partial charge in [0, 0.05) is 18.1 Å². The molecule has 0 bridgehead atoms. The fraction of sp³-hybridized carbons (Fsp3) is 0.467. The molecule has 0 spiro atoms. The molecule has 6 nitrogen and oxygen atoms in total. The molecule has 3 heterocycles. The number of hydrogen-bond donors (Lipinski definition) is 1. The zero-order valence-electron chi connectivity index (χ0n) is 13.0. The molecule has 1 fully saturated rings. The third kappa shape index (κ3) is 3.28. The van der Waals surface area contributed by atoms with Crippen molar-refractivity contribution in [3.05, 3.63) is 27.2 Å². The van der Waals surface area contributed by atoms with E-state index >= 15 is 0 Å². The second-order valence-corrected chi connectivity index (χ2v) is 7.34. The first-order valence-electron chi connectivity index (χ1n) is 7.57. The first-order chi connectivity index (χ1) is 11.1. The van der Waals surface area contributed by atoms with Gasteiger partial charge in [-0.2, -0.15) is 0 Å². The molecule has 0 aromatic carbocycles. The number of nitrogens with one attached hydrogen (secondary N) is 1. The van der Waals surface area contributed by atoms with Crippen LogP contribution < -0.4 is 5.32 Å². The second-order valence-electron chi connectivity index (χ2n) is 5.36. The molecule has 1 aliphatic heterocycles. The minimum Gasteiger partial charge on any atom is -0.326 e. The predicted octanol–water partition coefficient (Wildman–Crippen LogP) is 2.71. The van der Waals surface area contributed by atoms with E-state index in [2.05, 4.69) is 15.3 Å². The van der Waals surface area contributed by atoms with Crippen molar-refractivity contribution in [3.63, 3.8) is 0 Å². The summed E-state index contributed by atoms with van der Waals surface area (Å²) in [7, 11) is 0. The van der Waals surface area contributed by atoms with Crippen LogP contribution in [0, 0.1) is 6.92 Å². The summed E-state index contributed by atoms with van der Waals surface area (Å²) in [4.78, 5) is 36.1. The number of nitrogens with zero attached hydrogens (tertiary/aromatic N) is 3. The van der Waals surface area contributed by atoms with Crippen molar-refractivity contribution in [2.75, 3.05) is 11.9 Å². The third-order valence-electron chi connectivity index (χ3n) is 3.82. The monoisotopic (exact) mass is 350 g/mol. The van der Waals surface area contributed by atoms with Crippen LogP contribution in [0.5, 0.6) is 0 Å². The number of amides is 2. The molecule has 1 saturated heterocycles. The van der Waals surface area contributed by atoms with E-state index in [1.807, 2.05) is 13.8 Å². The maximum absolute atomic E-state index is 12.8. The molecular weight excluding hydrogens is 332 g/mol. The highest BCUT2D eigenvalue weighted by Crippen LogP contribution is 2.26. The Hall–Kier alpha value is -1.80. The quantitative estimate of drug-likeness (QED) is 0.920. The van der Waals surface area contributed by atoms with E-state index in [1.165, 1.54) is 22.7 Å². The Balaban J connectivity index is 1.76. The zero-order chi connectivity index (χ0) is 16.4. The van der Waals surface area contributed by atoms with Crippen LogP contribution in [0.25, 0.3) is 0 Å². The predicted molar refractivity (Wildman–Crippen MR) is 91.0 cm³/mol. The number of carbonyl (C=O) groups excluding carboxylic acids is 2. The molecule has 3 rings (SSSR count). The molecule has 2 aromatic rings. The Bertz CT molecular complexity index is 711. The van der Waals surface area contributed by atoms with Gasteiger partial charge in [0.15, 0.2) is 5.13 Å². The lowest BCUT2D eigenvalue weighted by Crippen LogP contribution is -2.43. The molecule has 0 radical (unpaired) electrons. The normalized spacial score (nSPS) is 17.5. The lowest BCUT2D eigenvalue weighted by Gasteiger charge is -2.23. The van der Waals surface area contributed by atoms with Crippen LogP contribution in [0.15, 0.2) is 11.6 Å². The summed E-state index contributed by atoms with van der Waals surface area (Å²) in [5.74, 6) is -0.250. The average molecular weight is 350 g/mol. The van der Waals surface area contributed by atoms with Crippen LogP contribution in [-0.2, 0) is 11.2 Å². The Morgan fingerprint density at radius 3 is 2.96 bits per heavy atom. The topological polar surface area (TPSA) is 75.2 Å². The SMILES string of the molecule is CCc1nc(C)c(C(=O)N2CCCC2C(=O)Nc2nccs2)s1. The summed E-state index contributed by atoms with van der Waals surface area (Å²) in [5.41, 5.74) is 0.753. The van der Waals surface area contributed by atoms with Gasteiger partial charge in [-0.15, -0.1) is 22.7 Å². The second kappa shape index (κ2) is 6.76. The first kappa shape index (κ1) is 16.1. The highest BCUT2D eigenvalue weighted by atomic mass is 32.1. The Morgan fingerprint density at radius 2 is 2.30 bits per heavy atom. The molecule has 122 valence electrons. The Morgan fingerprint density at radius 1 is 1.48 bits per heavy atom. The summed E-state index contributed by atoms with van der Waals surface area (Å²) in [6.07, 6.45) is 3.97. The van der Waals surface area contributed by atoms with Crippen LogP contribution in [0.1, 0.15) is 40.1 Å². The molecule has 0 saturated carbocycles. The fourth-order valence-electron chi connectivity index (χ4n) is 2.69. The maximum Gasteiger partial charge on any atom is 0.266 e. The number of thiazole rings is 2.